The first-order valence-electron chi connectivity index (χ1n) is 6.89. The lowest BCUT2D eigenvalue weighted by Crippen LogP contribution is -2.31. The van der Waals surface area contributed by atoms with Crippen molar-refractivity contribution in [1.82, 2.24) is 14.9 Å². The summed E-state index contributed by atoms with van der Waals surface area (Å²) in [5.74, 6) is 0.727. The van der Waals surface area contributed by atoms with Crippen LogP contribution in [-0.2, 0) is 4.74 Å². The number of ether oxygens (including phenoxy) is 1. The fraction of sp³-hybridized carbons (Fsp3) is 0.643. The molecule has 0 bridgehead atoms. The Morgan fingerprint density at radius 3 is 2.75 bits per heavy atom. The van der Waals surface area contributed by atoms with E-state index in [4.69, 9.17) is 4.74 Å². The zero-order chi connectivity index (χ0) is 15.1. The molecule has 0 fully saturated rings. The molecule has 0 aliphatic carbocycles. The summed E-state index contributed by atoms with van der Waals surface area (Å²) in [6.07, 6.45) is 1.66. The van der Waals surface area contributed by atoms with Crippen molar-refractivity contribution < 1.29 is 9.53 Å². The van der Waals surface area contributed by atoms with Gasteiger partial charge < -0.3 is 15.0 Å². The van der Waals surface area contributed by atoms with E-state index >= 15 is 0 Å². The number of hydrogen-bond acceptors (Lipinski definition) is 5. The van der Waals surface area contributed by atoms with Crippen LogP contribution in [0.15, 0.2) is 6.20 Å². The van der Waals surface area contributed by atoms with Gasteiger partial charge in [0.25, 0.3) is 5.91 Å². The van der Waals surface area contributed by atoms with Crippen molar-refractivity contribution in [3.8, 4) is 0 Å². The van der Waals surface area contributed by atoms with E-state index in [0.29, 0.717) is 37.0 Å². The second-order valence-corrected chi connectivity index (χ2v) is 4.82. The number of nitrogens with one attached hydrogen (secondary N) is 1. The van der Waals surface area contributed by atoms with E-state index in [9.17, 15) is 4.79 Å². The zero-order valence-corrected chi connectivity index (χ0v) is 12.9. The van der Waals surface area contributed by atoms with Gasteiger partial charge in [-0.25, -0.2) is 9.97 Å². The van der Waals surface area contributed by atoms with Gasteiger partial charge >= 0.3 is 0 Å². The third-order valence-electron chi connectivity index (χ3n) is 2.92. The van der Waals surface area contributed by atoms with Crippen LogP contribution in [0, 0.1) is 0 Å². The van der Waals surface area contributed by atoms with Gasteiger partial charge in [-0.2, -0.15) is 0 Å². The lowest BCUT2D eigenvalue weighted by atomic mass is 10.2. The second kappa shape index (κ2) is 7.79. The van der Waals surface area contributed by atoms with E-state index < -0.39 is 0 Å². The van der Waals surface area contributed by atoms with Gasteiger partial charge in [0, 0.05) is 33.2 Å². The normalized spacial score (nSPS) is 10.7. The Labute approximate surface area is 120 Å². The van der Waals surface area contributed by atoms with Crippen molar-refractivity contribution in [1.29, 1.82) is 0 Å². The molecular weight excluding hydrogens is 256 g/mol. The van der Waals surface area contributed by atoms with Gasteiger partial charge in [0.1, 0.15) is 5.82 Å². The Kier molecular flexibility index (Phi) is 6.38. The molecule has 1 aromatic heterocycles. The average molecular weight is 280 g/mol. The number of nitrogens with zero attached hydrogens (tertiary/aromatic N) is 3. The molecule has 1 rings (SSSR count). The van der Waals surface area contributed by atoms with Crippen LogP contribution in [0.3, 0.4) is 0 Å². The smallest absolute Gasteiger partial charge is 0.274 e. The predicted octanol–water partition coefficient (Wildman–Crippen LogP) is 1.75. The van der Waals surface area contributed by atoms with Gasteiger partial charge in [0.05, 0.1) is 18.5 Å². The first-order valence-corrected chi connectivity index (χ1v) is 6.89. The minimum absolute atomic E-state index is 0.127. The Morgan fingerprint density at radius 1 is 1.50 bits per heavy atom. The van der Waals surface area contributed by atoms with Gasteiger partial charge in [-0.3, -0.25) is 4.79 Å². The molecule has 0 aromatic carbocycles. The van der Waals surface area contributed by atoms with E-state index in [1.165, 1.54) is 0 Å². The van der Waals surface area contributed by atoms with Crippen molar-refractivity contribution in [3.63, 3.8) is 0 Å². The molecule has 1 amide bonds. The Balaban J connectivity index is 2.91. The molecule has 6 nitrogen and oxygen atoms in total. The largest absolute Gasteiger partial charge is 0.385 e. The number of anilines is 1. The summed E-state index contributed by atoms with van der Waals surface area (Å²) in [7, 11) is 3.50. The first kappa shape index (κ1) is 16.4. The Morgan fingerprint density at radius 2 is 2.20 bits per heavy atom. The molecule has 0 aliphatic rings. The number of amides is 1. The molecular formula is C14H24N4O2. The summed E-state index contributed by atoms with van der Waals surface area (Å²) in [6.45, 7) is 7.64. The molecule has 0 spiro atoms. The molecule has 1 aromatic rings. The molecule has 20 heavy (non-hydrogen) atoms. The summed E-state index contributed by atoms with van der Waals surface area (Å²) in [6, 6.07) is 0. The number of hydrogen-bond donors (Lipinski definition) is 1. The molecule has 0 saturated carbocycles. The molecule has 112 valence electrons. The SMILES string of the molecule is CCOCCN(C)C(=O)c1nc(C(C)C)ncc1NC. The predicted molar refractivity (Wildman–Crippen MR) is 79.1 cm³/mol. The van der Waals surface area contributed by atoms with Crippen LogP contribution in [0.5, 0.6) is 0 Å². The maximum Gasteiger partial charge on any atom is 0.274 e. The van der Waals surface area contributed by atoms with Gasteiger partial charge in [0.2, 0.25) is 0 Å². The quantitative estimate of drug-likeness (QED) is 0.771. The molecule has 1 heterocycles. The average Bonchev–Trinajstić information content (AvgIpc) is 2.45. The maximum absolute atomic E-state index is 12.4. The third-order valence-corrected chi connectivity index (χ3v) is 2.92. The van der Waals surface area contributed by atoms with E-state index in [1.54, 1.807) is 25.2 Å². The van der Waals surface area contributed by atoms with E-state index in [2.05, 4.69) is 15.3 Å². The van der Waals surface area contributed by atoms with Crippen molar-refractivity contribution in [2.75, 3.05) is 39.2 Å². The van der Waals surface area contributed by atoms with Gasteiger partial charge in [-0.15, -0.1) is 0 Å². The summed E-state index contributed by atoms with van der Waals surface area (Å²) in [5, 5.41) is 2.96. The standard InChI is InChI=1S/C14H24N4O2/c1-6-20-8-7-18(5)14(19)12-11(15-4)9-16-13(17-12)10(2)3/h9-10,15H,6-8H2,1-5H3. The summed E-state index contributed by atoms with van der Waals surface area (Å²) in [4.78, 5) is 22.7. The lowest BCUT2D eigenvalue weighted by molar-refractivity contribution is 0.0705. The number of carbonyl (C=O) groups excluding carboxylic acids is 1. The molecule has 0 saturated heterocycles. The zero-order valence-electron chi connectivity index (χ0n) is 12.9. The fourth-order valence-corrected chi connectivity index (χ4v) is 1.65. The Bertz CT molecular complexity index is 449. The topological polar surface area (TPSA) is 67.3 Å². The molecule has 0 unspecified atom stereocenters. The highest BCUT2D eigenvalue weighted by atomic mass is 16.5. The Hall–Kier alpha value is -1.69. The molecule has 0 aliphatic heterocycles. The van der Waals surface area contributed by atoms with Gasteiger partial charge in [-0.1, -0.05) is 13.8 Å². The number of likely N-dealkylation sites (N-methyl/N-ethyl adjacent to an activating group) is 1. The minimum Gasteiger partial charge on any atom is -0.385 e. The van der Waals surface area contributed by atoms with Crippen molar-refractivity contribution in [2.45, 2.75) is 26.7 Å². The number of aromatic nitrogens is 2. The molecule has 0 radical (unpaired) electrons. The molecule has 0 atom stereocenters. The van der Waals surface area contributed by atoms with Crippen LogP contribution in [0.4, 0.5) is 5.69 Å². The van der Waals surface area contributed by atoms with Crippen molar-refractivity contribution in [2.24, 2.45) is 0 Å². The van der Waals surface area contributed by atoms with Gasteiger partial charge in [-0.05, 0) is 6.92 Å². The van der Waals surface area contributed by atoms with Gasteiger partial charge in [0.15, 0.2) is 5.69 Å². The summed E-state index contributed by atoms with van der Waals surface area (Å²) < 4.78 is 5.27. The fourth-order valence-electron chi connectivity index (χ4n) is 1.65. The van der Waals surface area contributed by atoms with Crippen LogP contribution in [0.25, 0.3) is 0 Å². The monoisotopic (exact) mass is 280 g/mol. The van der Waals surface area contributed by atoms with Crippen LogP contribution in [0.2, 0.25) is 0 Å². The summed E-state index contributed by atoms with van der Waals surface area (Å²) in [5.41, 5.74) is 1.05. The second-order valence-electron chi connectivity index (χ2n) is 4.82. The number of rotatable bonds is 7. The third kappa shape index (κ3) is 4.16. The van der Waals surface area contributed by atoms with Crippen LogP contribution >= 0.6 is 0 Å². The maximum atomic E-state index is 12.4. The van der Waals surface area contributed by atoms with Crippen molar-refractivity contribution in [3.05, 3.63) is 17.7 Å². The van der Waals surface area contributed by atoms with Crippen LogP contribution in [-0.4, -0.2) is 54.6 Å². The number of carbonyl (C=O) groups is 1. The van der Waals surface area contributed by atoms with Crippen LogP contribution in [0.1, 0.15) is 43.0 Å². The van der Waals surface area contributed by atoms with Crippen LogP contribution < -0.4 is 5.32 Å². The molecule has 6 heteroatoms. The summed E-state index contributed by atoms with van der Waals surface area (Å²) >= 11 is 0. The highest BCUT2D eigenvalue weighted by Crippen LogP contribution is 2.17. The first-order chi connectivity index (χ1) is 9.51. The minimum atomic E-state index is -0.127. The van der Waals surface area contributed by atoms with E-state index in [0.717, 1.165) is 0 Å². The van der Waals surface area contributed by atoms with E-state index in [1.807, 2.05) is 20.8 Å². The van der Waals surface area contributed by atoms with Crippen molar-refractivity contribution >= 4 is 11.6 Å². The highest BCUT2D eigenvalue weighted by Gasteiger charge is 2.19. The molecule has 1 N–H and O–H groups in total. The lowest BCUT2D eigenvalue weighted by Gasteiger charge is -2.18. The highest BCUT2D eigenvalue weighted by molar-refractivity contribution is 5.97. The van der Waals surface area contributed by atoms with E-state index in [-0.39, 0.29) is 11.8 Å².